The highest BCUT2D eigenvalue weighted by Crippen LogP contribution is 2.28. The Bertz CT molecular complexity index is 294. The minimum atomic E-state index is 1.01. The Balaban J connectivity index is 2.75. The predicted octanol–water partition coefficient (Wildman–Crippen LogP) is 2.37. The Labute approximate surface area is 87.4 Å². The first-order chi connectivity index (χ1) is 6.65. The van der Waals surface area contributed by atoms with E-state index in [4.69, 9.17) is 0 Å². The van der Waals surface area contributed by atoms with E-state index in [9.17, 15) is 0 Å². The lowest BCUT2D eigenvalue weighted by atomic mass is 10.1. The van der Waals surface area contributed by atoms with Crippen LogP contribution in [0.25, 0.3) is 0 Å². The van der Waals surface area contributed by atoms with Crippen LogP contribution >= 0.6 is 12.0 Å². The fourth-order valence-electron chi connectivity index (χ4n) is 1.36. The van der Waals surface area contributed by atoms with Crippen molar-refractivity contribution in [1.29, 1.82) is 0 Å². The van der Waals surface area contributed by atoms with E-state index < -0.39 is 0 Å². The molecule has 0 saturated carbocycles. The van der Waals surface area contributed by atoms with Crippen LogP contribution in [-0.4, -0.2) is 0 Å². The number of hydrogen-bond acceptors (Lipinski definition) is 5. The van der Waals surface area contributed by atoms with Crippen molar-refractivity contribution in [1.82, 2.24) is 0 Å². The second kappa shape index (κ2) is 5.33. The van der Waals surface area contributed by atoms with E-state index in [0.29, 0.717) is 0 Å². The first-order valence-corrected chi connectivity index (χ1v) is 4.84. The van der Waals surface area contributed by atoms with Crippen molar-refractivity contribution < 1.29 is 14.4 Å². The minimum Gasteiger partial charge on any atom is -0.180 e. The molecular weight excluding hydrogens is 202 g/mol. The Kier molecular flexibility index (Phi) is 4.37. The Morgan fingerprint density at radius 1 is 1.14 bits per heavy atom. The first-order valence-electron chi connectivity index (χ1n) is 4.09. The van der Waals surface area contributed by atoms with Crippen LogP contribution in [-0.2, 0) is 14.4 Å². The van der Waals surface area contributed by atoms with Crippen LogP contribution in [0.2, 0.25) is 0 Å². The molecule has 0 atom stereocenters. The molecule has 0 bridgehead atoms. The summed E-state index contributed by atoms with van der Waals surface area (Å²) in [5.41, 5.74) is 3.49. The van der Waals surface area contributed by atoms with E-state index in [-0.39, 0.29) is 0 Å². The molecular formula is C9H13NO3S. The summed E-state index contributed by atoms with van der Waals surface area (Å²) in [5.74, 6) is 4.63. The lowest BCUT2D eigenvalue weighted by Crippen LogP contribution is -1.98. The summed E-state index contributed by atoms with van der Waals surface area (Å²) in [5, 5.41) is 4.12. The van der Waals surface area contributed by atoms with Crippen LogP contribution in [0.5, 0.6) is 0 Å². The van der Waals surface area contributed by atoms with Gasteiger partial charge in [-0.25, -0.2) is 0 Å². The maximum Gasteiger partial charge on any atom is 0.0720 e. The summed E-state index contributed by atoms with van der Waals surface area (Å²) in [6, 6.07) is 4.14. The average Bonchev–Trinajstić information content (AvgIpc) is 2.09. The molecule has 0 unspecified atom stereocenters. The van der Waals surface area contributed by atoms with Crippen LogP contribution in [0.15, 0.2) is 17.0 Å². The van der Waals surface area contributed by atoms with Crippen LogP contribution in [0, 0.1) is 20.8 Å². The zero-order valence-electron chi connectivity index (χ0n) is 8.37. The van der Waals surface area contributed by atoms with Crippen molar-refractivity contribution in [2.75, 3.05) is 0 Å². The number of nitrogens with two attached hydrogens (primary N) is 1. The maximum absolute atomic E-state index is 4.64. The van der Waals surface area contributed by atoms with Crippen LogP contribution in [0.3, 0.4) is 0 Å². The zero-order chi connectivity index (χ0) is 10.6. The smallest absolute Gasteiger partial charge is 0.0720 e. The topological polar surface area (TPSA) is 53.7 Å². The molecule has 5 heteroatoms. The fraction of sp³-hybridized carbons (Fsp3) is 0.333. The Morgan fingerprint density at radius 2 is 1.71 bits per heavy atom. The van der Waals surface area contributed by atoms with Gasteiger partial charge in [-0.2, -0.15) is 5.90 Å². The molecule has 0 spiro atoms. The quantitative estimate of drug-likeness (QED) is 0.361. The van der Waals surface area contributed by atoms with Gasteiger partial charge >= 0.3 is 0 Å². The molecule has 0 aliphatic carbocycles. The van der Waals surface area contributed by atoms with Crippen molar-refractivity contribution in [2.24, 2.45) is 5.90 Å². The fourth-order valence-corrected chi connectivity index (χ4v) is 1.87. The number of rotatable bonds is 4. The molecule has 0 radical (unpaired) electrons. The molecule has 14 heavy (non-hydrogen) atoms. The Hall–Kier alpha value is -0.590. The molecule has 0 aromatic heterocycles. The highest BCUT2D eigenvalue weighted by molar-refractivity contribution is 7.94. The van der Waals surface area contributed by atoms with E-state index >= 15 is 0 Å². The van der Waals surface area contributed by atoms with Gasteiger partial charge in [-0.1, -0.05) is 17.7 Å². The van der Waals surface area contributed by atoms with E-state index in [2.05, 4.69) is 39.3 Å². The van der Waals surface area contributed by atoms with Crippen molar-refractivity contribution >= 4 is 12.0 Å². The lowest BCUT2D eigenvalue weighted by Gasteiger charge is -2.08. The van der Waals surface area contributed by atoms with Crippen molar-refractivity contribution in [3.63, 3.8) is 0 Å². The van der Waals surface area contributed by atoms with Crippen molar-refractivity contribution in [2.45, 2.75) is 25.7 Å². The third-order valence-electron chi connectivity index (χ3n) is 1.79. The van der Waals surface area contributed by atoms with Gasteiger partial charge in [-0.3, -0.25) is 0 Å². The highest BCUT2D eigenvalue weighted by Gasteiger charge is 2.05. The third kappa shape index (κ3) is 2.97. The molecule has 1 aromatic rings. The van der Waals surface area contributed by atoms with Gasteiger partial charge in [0.2, 0.25) is 0 Å². The normalized spacial score (nSPS) is 10.6. The summed E-state index contributed by atoms with van der Waals surface area (Å²) in [6.45, 7) is 6.07. The first kappa shape index (κ1) is 11.5. The monoisotopic (exact) mass is 215 g/mol. The molecule has 1 aromatic carbocycles. The van der Waals surface area contributed by atoms with E-state index in [1.807, 2.05) is 13.8 Å². The predicted molar refractivity (Wildman–Crippen MR) is 54.0 cm³/mol. The maximum atomic E-state index is 4.64. The SMILES string of the molecule is Cc1cc(C)c(SOOON)c(C)c1. The van der Waals surface area contributed by atoms with Gasteiger partial charge in [-0.05, 0) is 36.9 Å². The minimum absolute atomic E-state index is 1.01. The Morgan fingerprint density at radius 3 is 2.21 bits per heavy atom. The van der Waals surface area contributed by atoms with Gasteiger partial charge in [0.15, 0.2) is 0 Å². The summed E-state index contributed by atoms with van der Waals surface area (Å²) in [7, 11) is 0. The second-order valence-corrected chi connectivity index (χ2v) is 3.75. The van der Waals surface area contributed by atoms with Crippen LogP contribution in [0.4, 0.5) is 0 Å². The molecule has 78 valence electrons. The third-order valence-corrected chi connectivity index (χ3v) is 2.72. The molecule has 1 rings (SSSR count). The van der Waals surface area contributed by atoms with Gasteiger partial charge in [0.1, 0.15) is 0 Å². The molecule has 0 amide bonds. The largest absolute Gasteiger partial charge is 0.180 e. The van der Waals surface area contributed by atoms with E-state index in [1.165, 1.54) is 5.56 Å². The van der Waals surface area contributed by atoms with Crippen LogP contribution < -0.4 is 5.90 Å². The molecule has 0 fully saturated rings. The van der Waals surface area contributed by atoms with E-state index in [1.54, 1.807) is 0 Å². The van der Waals surface area contributed by atoms with E-state index in [0.717, 1.165) is 28.1 Å². The lowest BCUT2D eigenvalue weighted by molar-refractivity contribution is -0.464. The summed E-state index contributed by atoms with van der Waals surface area (Å²) >= 11 is 1.08. The molecule has 0 aliphatic rings. The van der Waals surface area contributed by atoms with Gasteiger partial charge in [0.05, 0.1) is 12.0 Å². The van der Waals surface area contributed by atoms with Crippen LogP contribution in [0.1, 0.15) is 16.7 Å². The zero-order valence-corrected chi connectivity index (χ0v) is 9.18. The second-order valence-electron chi connectivity index (χ2n) is 3.04. The highest BCUT2D eigenvalue weighted by atomic mass is 32.2. The molecule has 4 nitrogen and oxygen atoms in total. The van der Waals surface area contributed by atoms with Crippen molar-refractivity contribution in [3.05, 3.63) is 28.8 Å². The number of aryl methyl sites for hydroxylation is 3. The molecule has 2 N–H and O–H groups in total. The molecule has 0 aliphatic heterocycles. The number of benzene rings is 1. The molecule has 0 saturated heterocycles. The number of hydrogen-bond donors (Lipinski definition) is 1. The standard InChI is InChI=1S/C9H13NO3S/c1-6-4-7(2)9(8(3)5-6)14-13-12-11-10/h4-5H,10H2,1-3H3. The summed E-state index contributed by atoms with van der Waals surface area (Å²) < 4.78 is 4.64. The van der Waals surface area contributed by atoms with Gasteiger partial charge in [0, 0.05) is 4.90 Å². The van der Waals surface area contributed by atoms with Gasteiger partial charge < -0.3 is 0 Å². The molecule has 0 heterocycles. The van der Waals surface area contributed by atoms with Gasteiger partial charge in [0.25, 0.3) is 0 Å². The summed E-state index contributed by atoms with van der Waals surface area (Å²) in [6.07, 6.45) is 0. The van der Waals surface area contributed by atoms with Gasteiger partial charge in [-0.15, -0.1) is 9.32 Å². The van der Waals surface area contributed by atoms with Crippen molar-refractivity contribution in [3.8, 4) is 0 Å². The summed E-state index contributed by atoms with van der Waals surface area (Å²) in [4.78, 5) is 4.83. The average molecular weight is 215 g/mol.